The van der Waals surface area contributed by atoms with Crippen LogP contribution in [-0.4, -0.2) is 49.4 Å². The second-order valence-corrected chi connectivity index (χ2v) is 7.12. The Bertz CT molecular complexity index is 461. The predicted molar refractivity (Wildman–Crippen MR) is 75.2 cm³/mol. The van der Waals surface area contributed by atoms with Gasteiger partial charge in [-0.05, 0) is 12.8 Å². The van der Waals surface area contributed by atoms with Crippen molar-refractivity contribution in [2.75, 3.05) is 18.8 Å². The lowest BCUT2D eigenvalue weighted by atomic mass is 9.87. The number of aromatic nitrogens is 3. The fourth-order valence-corrected chi connectivity index (χ4v) is 4.73. The first-order chi connectivity index (χ1) is 9.20. The van der Waals surface area contributed by atoms with Gasteiger partial charge in [0.25, 0.3) is 5.91 Å². The highest BCUT2D eigenvalue weighted by molar-refractivity contribution is 8.00. The van der Waals surface area contributed by atoms with Gasteiger partial charge in [-0.2, -0.15) is 11.8 Å². The van der Waals surface area contributed by atoms with Crippen molar-refractivity contribution in [2.45, 2.75) is 36.9 Å². The molecule has 1 aromatic rings. The zero-order valence-electron chi connectivity index (χ0n) is 11.3. The number of amides is 1. The Hall–Kier alpha value is -1.04. The molecule has 0 atom stereocenters. The zero-order valence-corrected chi connectivity index (χ0v) is 12.2. The summed E-state index contributed by atoms with van der Waals surface area (Å²) in [6.07, 6.45) is 8.04. The van der Waals surface area contributed by atoms with Gasteiger partial charge < -0.3 is 4.90 Å². The number of hydrogen-bond donors (Lipinski definition) is 0. The number of hydrogen-bond acceptors (Lipinski definition) is 4. The number of aryl methyl sites for hydroxylation is 1. The molecule has 2 fully saturated rings. The van der Waals surface area contributed by atoms with Crippen LogP contribution < -0.4 is 0 Å². The fraction of sp³-hybridized carbons (Fsp3) is 0.769. The Morgan fingerprint density at radius 2 is 2.16 bits per heavy atom. The minimum Gasteiger partial charge on any atom is -0.335 e. The maximum absolute atomic E-state index is 12.5. The summed E-state index contributed by atoms with van der Waals surface area (Å²) in [5.41, 5.74) is 0.595. The monoisotopic (exact) mass is 280 g/mol. The Morgan fingerprint density at radius 3 is 2.84 bits per heavy atom. The van der Waals surface area contributed by atoms with Crippen molar-refractivity contribution in [2.24, 2.45) is 7.05 Å². The van der Waals surface area contributed by atoms with Crippen LogP contribution in [-0.2, 0) is 7.05 Å². The SMILES string of the molecule is Cn1nncc1C(=O)N1CCSC2(CCCCC2)C1. The third-order valence-corrected chi connectivity index (χ3v) is 5.77. The van der Waals surface area contributed by atoms with Gasteiger partial charge in [-0.3, -0.25) is 4.79 Å². The van der Waals surface area contributed by atoms with Crippen molar-refractivity contribution in [3.63, 3.8) is 0 Å². The lowest BCUT2D eigenvalue weighted by Crippen LogP contribution is -2.50. The normalized spacial score (nSPS) is 22.7. The zero-order chi connectivity index (χ0) is 13.3. The largest absolute Gasteiger partial charge is 0.335 e. The molecule has 0 unspecified atom stereocenters. The van der Waals surface area contributed by atoms with E-state index in [9.17, 15) is 4.79 Å². The summed E-state index contributed by atoms with van der Waals surface area (Å²) in [6.45, 7) is 1.73. The Labute approximate surface area is 117 Å². The molecule has 1 saturated heterocycles. The number of carbonyl (C=O) groups is 1. The van der Waals surface area contributed by atoms with E-state index in [-0.39, 0.29) is 5.91 Å². The molecule has 0 aromatic carbocycles. The van der Waals surface area contributed by atoms with E-state index < -0.39 is 0 Å². The van der Waals surface area contributed by atoms with Crippen molar-refractivity contribution >= 4 is 17.7 Å². The van der Waals surface area contributed by atoms with Crippen LogP contribution in [0.1, 0.15) is 42.6 Å². The summed E-state index contributed by atoms with van der Waals surface area (Å²) in [5, 5.41) is 7.65. The van der Waals surface area contributed by atoms with E-state index in [1.165, 1.54) is 32.1 Å². The maximum Gasteiger partial charge on any atom is 0.273 e. The molecule has 5 nitrogen and oxygen atoms in total. The van der Waals surface area contributed by atoms with E-state index in [0.29, 0.717) is 10.4 Å². The van der Waals surface area contributed by atoms with Crippen LogP contribution in [0.15, 0.2) is 6.20 Å². The van der Waals surface area contributed by atoms with E-state index in [1.807, 2.05) is 4.90 Å². The Morgan fingerprint density at radius 1 is 1.37 bits per heavy atom. The first kappa shape index (κ1) is 13.0. The maximum atomic E-state index is 12.5. The van der Waals surface area contributed by atoms with Crippen LogP contribution >= 0.6 is 11.8 Å². The van der Waals surface area contributed by atoms with Gasteiger partial charge in [0.15, 0.2) is 0 Å². The molecule has 1 aliphatic carbocycles. The highest BCUT2D eigenvalue weighted by atomic mass is 32.2. The predicted octanol–water partition coefficient (Wildman–Crippen LogP) is 1.71. The number of carbonyl (C=O) groups excluding carboxylic acids is 1. The molecule has 104 valence electrons. The van der Waals surface area contributed by atoms with E-state index in [0.717, 1.165) is 18.8 Å². The molecular weight excluding hydrogens is 260 g/mol. The van der Waals surface area contributed by atoms with Crippen LogP contribution in [0.2, 0.25) is 0 Å². The minimum absolute atomic E-state index is 0.0812. The summed E-state index contributed by atoms with van der Waals surface area (Å²) >= 11 is 2.08. The van der Waals surface area contributed by atoms with E-state index in [1.54, 1.807) is 17.9 Å². The first-order valence-electron chi connectivity index (χ1n) is 6.98. The molecule has 3 rings (SSSR count). The van der Waals surface area contributed by atoms with Gasteiger partial charge in [0.05, 0.1) is 6.20 Å². The molecule has 1 spiro atoms. The summed E-state index contributed by atoms with van der Waals surface area (Å²) in [7, 11) is 1.77. The van der Waals surface area contributed by atoms with Gasteiger partial charge in [0, 0.05) is 30.6 Å². The van der Waals surface area contributed by atoms with Gasteiger partial charge in [-0.25, -0.2) is 4.68 Å². The van der Waals surface area contributed by atoms with Gasteiger partial charge in [0.2, 0.25) is 0 Å². The van der Waals surface area contributed by atoms with Crippen molar-refractivity contribution in [3.8, 4) is 0 Å². The molecule has 0 radical (unpaired) electrons. The molecule has 19 heavy (non-hydrogen) atoms. The van der Waals surface area contributed by atoms with Crippen LogP contribution in [0.5, 0.6) is 0 Å². The van der Waals surface area contributed by atoms with Gasteiger partial charge in [0.1, 0.15) is 5.69 Å². The Kier molecular flexibility index (Phi) is 3.52. The molecule has 0 N–H and O–H groups in total. The molecule has 2 heterocycles. The average Bonchev–Trinajstić information content (AvgIpc) is 2.85. The molecule has 1 aliphatic heterocycles. The third-order valence-electron chi connectivity index (χ3n) is 4.23. The Balaban J connectivity index is 1.74. The quantitative estimate of drug-likeness (QED) is 0.786. The summed E-state index contributed by atoms with van der Waals surface area (Å²) in [5.74, 6) is 1.13. The second kappa shape index (κ2) is 5.15. The third kappa shape index (κ3) is 2.50. The van der Waals surface area contributed by atoms with Crippen molar-refractivity contribution in [1.29, 1.82) is 0 Å². The average molecular weight is 280 g/mol. The van der Waals surface area contributed by atoms with E-state index in [4.69, 9.17) is 0 Å². The second-order valence-electron chi connectivity index (χ2n) is 5.56. The summed E-state index contributed by atoms with van der Waals surface area (Å²) in [6, 6.07) is 0. The van der Waals surface area contributed by atoms with Crippen molar-refractivity contribution in [1.82, 2.24) is 19.9 Å². The summed E-state index contributed by atoms with van der Waals surface area (Å²) in [4.78, 5) is 14.5. The lowest BCUT2D eigenvalue weighted by molar-refractivity contribution is 0.0719. The molecule has 2 aliphatic rings. The number of thioether (sulfide) groups is 1. The number of nitrogens with zero attached hydrogens (tertiary/aromatic N) is 4. The lowest BCUT2D eigenvalue weighted by Gasteiger charge is -2.44. The minimum atomic E-state index is 0.0812. The van der Waals surface area contributed by atoms with Crippen LogP contribution in [0, 0.1) is 0 Å². The highest BCUT2D eigenvalue weighted by Crippen LogP contribution is 2.42. The number of rotatable bonds is 1. The smallest absolute Gasteiger partial charge is 0.273 e. The van der Waals surface area contributed by atoms with E-state index >= 15 is 0 Å². The van der Waals surface area contributed by atoms with Crippen LogP contribution in [0.25, 0.3) is 0 Å². The standard InChI is InChI=1S/C13H20N4OS/c1-16-11(9-14-15-16)12(18)17-7-8-19-13(10-17)5-3-2-4-6-13/h9H,2-8,10H2,1H3. The summed E-state index contributed by atoms with van der Waals surface area (Å²) < 4.78 is 1.88. The van der Waals surface area contributed by atoms with Gasteiger partial charge >= 0.3 is 0 Å². The molecule has 1 saturated carbocycles. The van der Waals surface area contributed by atoms with Crippen molar-refractivity contribution in [3.05, 3.63) is 11.9 Å². The van der Waals surface area contributed by atoms with Gasteiger partial charge in [-0.1, -0.05) is 24.5 Å². The van der Waals surface area contributed by atoms with Crippen molar-refractivity contribution < 1.29 is 4.79 Å². The molecule has 1 amide bonds. The topological polar surface area (TPSA) is 51.0 Å². The first-order valence-corrected chi connectivity index (χ1v) is 7.97. The van der Waals surface area contributed by atoms with Gasteiger partial charge in [-0.15, -0.1) is 5.10 Å². The molecular formula is C13H20N4OS. The molecule has 1 aromatic heterocycles. The van der Waals surface area contributed by atoms with E-state index in [2.05, 4.69) is 22.1 Å². The molecule has 0 bridgehead atoms. The van der Waals surface area contributed by atoms with Crippen LogP contribution in [0.4, 0.5) is 0 Å². The molecule has 6 heteroatoms. The highest BCUT2D eigenvalue weighted by Gasteiger charge is 2.39. The van der Waals surface area contributed by atoms with Crippen LogP contribution in [0.3, 0.4) is 0 Å². The fourth-order valence-electron chi connectivity index (χ4n) is 3.16.